The molecule has 100 valence electrons. The number of anilines is 1. The molecule has 3 unspecified atom stereocenters. The van der Waals surface area contributed by atoms with Crippen LogP contribution in [0.5, 0.6) is 0 Å². The Morgan fingerprint density at radius 3 is 2.39 bits per heavy atom. The summed E-state index contributed by atoms with van der Waals surface area (Å²) in [4.78, 5) is 0.400. The summed E-state index contributed by atoms with van der Waals surface area (Å²) in [6, 6.07) is 7.54. The van der Waals surface area contributed by atoms with Gasteiger partial charge in [0, 0.05) is 12.3 Å². The van der Waals surface area contributed by atoms with Gasteiger partial charge in [-0.15, -0.1) is 0 Å². The molecule has 3 nitrogen and oxygen atoms in total. The van der Waals surface area contributed by atoms with Crippen molar-refractivity contribution in [1.29, 1.82) is 0 Å². The molecule has 0 bridgehead atoms. The molecule has 18 heavy (non-hydrogen) atoms. The van der Waals surface area contributed by atoms with E-state index in [1.54, 1.807) is 12.1 Å². The minimum absolute atomic E-state index is 0.378. The molecule has 0 aromatic heterocycles. The van der Waals surface area contributed by atoms with Gasteiger partial charge in [-0.25, -0.2) is 8.42 Å². The van der Waals surface area contributed by atoms with E-state index in [9.17, 15) is 8.42 Å². The largest absolute Gasteiger partial charge is 0.381 e. The van der Waals surface area contributed by atoms with Gasteiger partial charge < -0.3 is 5.32 Å². The Morgan fingerprint density at radius 2 is 1.83 bits per heavy atom. The Kier molecular flexibility index (Phi) is 3.66. The van der Waals surface area contributed by atoms with Gasteiger partial charge in [-0.2, -0.15) is 0 Å². The first-order chi connectivity index (χ1) is 8.39. The molecule has 0 radical (unpaired) electrons. The van der Waals surface area contributed by atoms with Gasteiger partial charge in [-0.3, -0.25) is 0 Å². The van der Waals surface area contributed by atoms with Gasteiger partial charge in [0.15, 0.2) is 9.84 Å². The summed E-state index contributed by atoms with van der Waals surface area (Å²) in [6.45, 7) is 4.49. The van der Waals surface area contributed by atoms with E-state index in [1.807, 2.05) is 12.1 Å². The van der Waals surface area contributed by atoms with Gasteiger partial charge in [0.1, 0.15) is 0 Å². The third kappa shape index (κ3) is 2.69. The lowest BCUT2D eigenvalue weighted by Crippen LogP contribution is -2.24. The Bertz CT molecular complexity index is 524. The highest BCUT2D eigenvalue weighted by atomic mass is 32.2. The number of rotatable bonds is 3. The molecule has 2 rings (SSSR count). The molecule has 0 aliphatic heterocycles. The molecule has 0 heterocycles. The van der Waals surface area contributed by atoms with Gasteiger partial charge >= 0.3 is 0 Å². The summed E-state index contributed by atoms with van der Waals surface area (Å²) in [5, 5.41) is 3.42. The van der Waals surface area contributed by atoms with Crippen LogP contribution in [0, 0.1) is 11.8 Å². The summed E-state index contributed by atoms with van der Waals surface area (Å²) in [7, 11) is -3.17. The maximum atomic E-state index is 11.7. The summed E-state index contributed by atoms with van der Waals surface area (Å²) in [6.07, 6.45) is 3.58. The minimum atomic E-state index is -3.17. The van der Waals surface area contributed by atoms with Crippen molar-refractivity contribution < 1.29 is 8.42 Å². The maximum absolute atomic E-state index is 11.7. The zero-order chi connectivity index (χ0) is 13.3. The van der Waals surface area contributed by atoms with Crippen LogP contribution in [0.3, 0.4) is 0 Å². The highest BCUT2D eigenvalue weighted by Gasteiger charge is 2.30. The van der Waals surface area contributed by atoms with Crippen molar-refractivity contribution in [3.8, 4) is 0 Å². The van der Waals surface area contributed by atoms with Crippen LogP contribution in [-0.2, 0) is 9.84 Å². The standard InChI is InChI=1S/C14H21NO2S/c1-10-8-9-12(11(10)2)15-13-6-4-5-7-14(13)18(3,16)17/h4-7,10-12,15H,8-9H2,1-3H3. The Labute approximate surface area is 110 Å². The number of nitrogens with one attached hydrogen (secondary N) is 1. The summed E-state index contributed by atoms with van der Waals surface area (Å²) in [5.41, 5.74) is 0.742. The van der Waals surface area contributed by atoms with Gasteiger partial charge in [-0.1, -0.05) is 26.0 Å². The van der Waals surface area contributed by atoms with Crippen molar-refractivity contribution in [3.05, 3.63) is 24.3 Å². The molecular weight excluding hydrogens is 246 g/mol. The fraction of sp³-hybridized carbons (Fsp3) is 0.571. The molecule has 0 saturated heterocycles. The molecule has 3 atom stereocenters. The second-order valence-corrected chi connectivity index (χ2v) is 7.42. The molecule has 0 spiro atoms. The van der Waals surface area contributed by atoms with Crippen LogP contribution in [0.1, 0.15) is 26.7 Å². The quantitative estimate of drug-likeness (QED) is 0.916. The van der Waals surface area contributed by atoms with E-state index < -0.39 is 9.84 Å². The van der Waals surface area contributed by atoms with Crippen LogP contribution < -0.4 is 5.32 Å². The molecular formula is C14H21NO2S. The average Bonchev–Trinajstić information content (AvgIpc) is 2.60. The Hall–Kier alpha value is -1.03. The van der Waals surface area contributed by atoms with E-state index >= 15 is 0 Å². The molecule has 1 aliphatic carbocycles. The van der Waals surface area contributed by atoms with Crippen molar-refractivity contribution in [2.45, 2.75) is 37.6 Å². The Morgan fingerprint density at radius 1 is 1.17 bits per heavy atom. The van der Waals surface area contributed by atoms with Gasteiger partial charge in [0.05, 0.1) is 10.6 Å². The number of hydrogen-bond donors (Lipinski definition) is 1. The normalized spacial score (nSPS) is 28.3. The number of sulfone groups is 1. The number of para-hydroxylation sites is 1. The van der Waals surface area contributed by atoms with E-state index in [4.69, 9.17) is 0 Å². The molecule has 1 N–H and O–H groups in total. The van der Waals surface area contributed by atoms with Crippen LogP contribution in [0.4, 0.5) is 5.69 Å². The fourth-order valence-electron chi connectivity index (χ4n) is 2.68. The number of benzene rings is 1. The van der Waals surface area contributed by atoms with Crippen LogP contribution >= 0.6 is 0 Å². The first-order valence-electron chi connectivity index (χ1n) is 6.45. The van der Waals surface area contributed by atoms with Crippen molar-refractivity contribution in [1.82, 2.24) is 0 Å². The molecule has 1 aromatic rings. The van der Waals surface area contributed by atoms with Crippen LogP contribution in [-0.4, -0.2) is 20.7 Å². The predicted molar refractivity (Wildman–Crippen MR) is 74.5 cm³/mol. The van der Waals surface area contributed by atoms with Crippen LogP contribution in [0.15, 0.2) is 29.2 Å². The summed E-state index contributed by atoms with van der Waals surface area (Å²) >= 11 is 0. The summed E-state index contributed by atoms with van der Waals surface area (Å²) < 4.78 is 23.5. The van der Waals surface area contributed by atoms with Crippen molar-refractivity contribution in [3.63, 3.8) is 0 Å². The molecule has 1 aromatic carbocycles. The molecule has 1 aliphatic rings. The first kappa shape index (κ1) is 13.4. The maximum Gasteiger partial charge on any atom is 0.177 e. The third-order valence-corrected chi connectivity index (χ3v) is 5.25. The highest BCUT2D eigenvalue weighted by molar-refractivity contribution is 7.90. The van der Waals surface area contributed by atoms with Crippen molar-refractivity contribution >= 4 is 15.5 Å². The van der Waals surface area contributed by atoms with Crippen LogP contribution in [0.2, 0.25) is 0 Å². The predicted octanol–water partition coefficient (Wildman–Crippen LogP) is 2.94. The van der Waals surface area contributed by atoms with E-state index in [2.05, 4.69) is 19.2 Å². The van der Waals surface area contributed by atoms with Gasteiger partial charge in [0.2, 0.25) is 0 Å². The topological polar surface area (TPSA) is 46.2 Å². The minimum Gasteiger partial charge on any atom is -0.381 e. The molecule has 4 heteroatoms. The van der Waals surface area contributed by atoms with Crippen molar-refractivity contribution in [2.75, 3.05) is 11.6 Å². The van der Waals surface area contributed by atoms with Crippen LogP contribution in [0.25, 0.3) is 0 Å². The molecule has 0 amide bonds. The lowest BCUT2D eigenvalue weighted by Gasteiger charge is -2.22. The SMILES string of the molecule is CC1CCC(Nc2ccccc2S(C)(=O)=O)C1C. The van der Waals surface area contributed by atoms with Gasteiger partial charge in [-0.05, 0) is 36.8 Å². The zero-order valence-corrected chi connectivity index (χ0v) is 12.0. The van der Waals surface area contributed by atoms with E-state index in [-0.39, 0.29) is 0 Å². The van der Waals surface area contributed by atoms with Gasteiger partial charge in [0.25, 0.3) is 0 Å². The second kappa shape index (κ2) is 4.92. The smallest absolute Gasteiger partial charge is 0.177 e. The highest BCUT2D eigenvalue weighted by Crippen LogP contribution is 2.34. The Balaban J connectivity index is 2.25. The third-order valence-electron chi connectivity index (χ3n) is 4.09. The molecule has 1 saturated carbocycles. The lowest BCUT2D eigenvalue weighted by atomic mass is 9.97. The lowest BCUT2D eigenvalue weighted by molar-refractivity contribution is 0.435. The number of hydrogen-bond acceptors (Lipinski definition) is 3. The van der Waals surface area contributed by atoms with E-state index in [0.717, 1.165) is 12.1 Å². The second-order valence-electron chi connectivity index (χ2n) is 5.43. The van der Waals surface area contributed by atoms with Crippen molar-refractivity contribution in [2.24, 2.45) is 11.8 Å². The molecule has 1 fully saturated rings. The van der Waals surface area contributed by atoms with E-state index in [1.165, 1.54) is 12.7 Å². The first-order valence-corrected chi connectivity index (χ1v) is 8.34. The average molecular weight is 267 g/mol. The fourth-order valence-corrected chi connectivity index (χ4v) is 3.53. The van der Waals surface area contributed by atoms with E-state index in [0.29, 0.717) is 22.8 Å². The zero-order valence-electron chi connectivity index (χ0n) is 11.2. The summed E-state index contributed by atoms with van der Waals surface area (Å²) in [5.74, 6) is 1.28. The monoisotopic (exact) mass is 267 g/mol.